The van der Waals surface area contributed by atoms with E-state index in [9.17, 15) is 14.4 Å². The molecule has 0 aliphatic heterocycles. The Morgan fingerprint density at radius 1 is 0.815 bits per heavy atom. The van der Waals surface area contributed by atoms with Gasteiger partial charge in [0, 0.05) is 11.1 Å². The van der Waals surface area contributed by atoms with Gasteiger partial charge in [0.05, 0.1) is 19.6 Å². The Labute approximate surface area is 156 Å². The predicted octanol–water partition coefficient (Wildman–Crippen LogP) is 2.14. The molecule has 0 spiro atoms. The van der Waals surface area contributed by atoms with Crippen molar-refractivity contribution in [2.75, 3.05) is 26.4 Å². The van der Waals surface area contributed by atoms with Gasteiger partial charge in [-0.1, -0.05) is 48.5 Å². The summed E-state index contributed by atoms with van der Waals surface area (Å²) < 4.78 is 15.7. The minimum atomic E-state index is -0.936. The Hall–Kier alpha value is -3.19. The van der Waals surface area contributed by atoms with Crippen molar-refractivity contribution < 1.29 is 33.7 Å². The highest BCUT2D eigenvalue weighted by molar-refractivity contribution is 6.40. The number of esters is 1. The fraction of sp³-hybridized carbons (Fsp3) is 0.250. The lowest BCUT2D eigenvalue weighted by molar-refractivity contribution is -0.139. The van der Waals surface area contributed by atoms with Gasteiger partial charge in [0.2, 0.25) is 0 Å². The summed E-state index contributed by atoms with van der Waals surface area (Å²) >= 11 is 0. The minimum absolute atomic E-state index is 0.0486. The van der Waals surface area contributed by atoms with E-state index in [2.05, 4.69) is 0 Å². The minimum Gasteiger partial charge on any atom is -0.491 e. The lowest BCUT2D eigenvalue weighted by atomic mass is 10.1. The molecule has 0 radical (unpaired) electrons. The first-order chi connectivity index (χ1) is 13.1. The van der Waals surface area contributed by atoms with Gasteiger partial charge in [-0.3, -0.25) is 9.59 Å². The fourth-order valence-electron chi connectivity index (χ4n) is 2.23. The zero-order valence-corrected chi connectivity index (χ0v) is 14.6. The van der Waals surface area contributed by atoms with Crippen LogP contribution in [0.15, 0.2) is 54.6 Å². The van der Waals surface area contributed by atoms with E-state index in [0.29, 0.717) is 11.3 Å². The van der Waals surface area contributed by atoms with E-state index in [1.165, 1.54) is 0 Å². The van der Waals surface area contributed by atoms with Crippen LogP contribution < -0.4 is 4.74 Å². The number of hydrogen-bond donors (Lipinski definition) is 1. The van der Waals surface area contributed by atoms with Crippen LogP contribution in [0.4, 0.5) is 0 Å². The SMILES string of the molecule is O=C(O)Cc1ccccc1OCCOCCOC(=O)C(=O)c1ccccc1. The summed E-state index contributed by atoms with van der Waals surface area (Å²) in [5.74, 6) is -2.07. The second kappa shape index (κ2) is 10.7. The zero-order valence-electron chi connectivity index (χ0n) is 14.6. The van der Waals surface area contributed by atoms with Crippen molar-refractivity contribution in [3.63, 3.8) is 0 Å². The van der Waals surface area contributed by atoms with Crippen molar-refractivity contribution in [1.29, 1.82) is 0 Å². The van der Waals surface area contributed by atoms with E-state index in [1.54, 1.807) is 54.6 Å². The van der Waals surface area contributed by atoms with Gasteiger partial charge in [-0.15, -0.1) is 0 Å². The number of rotatable bonds is 11. The molecule has 0 saturated heterocycles. The van der Waals surface area contributed by atoms with E-state index in [4.69, 9.17) is 19.3 Å². The highest BCUT2D eigenvalue weighted by Crippen LogP contribution is 2.18. The van der Waals surface area contributed by atoms with Crippen molar-refractivity contribution in [1.82, 2.24) is 0 Å². The number of ketones is 1. The molecule has 0 aliphatic rings. The normalized spacial score (nSPS) is 10.2. The summed E-state index contributed by atoms with van der Waals surface area (Å²) in [6.07, 6.45) is -0.123. The van der Waals surface area contributed by atoms with Gasteiger partial charge in [0.15, 0.2) is 0 Å². The smallest absolute Gasteiger partial charge is 0.379 e. The molecule has 0 amide bonds. The Bertz CT molecular complexity index is 771. The van der Waals surface area contributed by atoms with Crippen molar-refractivity contribution >= 4 is 17.7 Å². The molecule has 0 fully saturated rings. The molecule has 2 aromatic carbocycles. The standard InChI is InChI=1S/C20H20O7/c21-18(22)14-16-8-4-5-9-17(16)26-12-10-25-11-13-27-20(24)19(23)15-6-2-1-3-7-15/h1-9H,10-14H2,(H,21,22). The average Bonchev–Trinajstić information content (AvgIpc) is 2.68. The molecular formula is C20H20O7. The molecule has 7 heteroatoms. The van der Waals surface area contributed by atoms with Gasteiger partial charge < -0.3 is 19.3 Å². The van der Waals surface area contributed by atoms with E-state index in [0.717, 1.165) is 0 Å². The molecule has 0 aliphatic carbocycles. The molecule has 1 N–H and O–H groups in total. The number of Topliss-reactive ketones (excluding diaryl/α,β-unsaturated/α-hetero) is 1. The molecule has 142 valence electrons. The highest BCUT2D eigenvalue weighted by Gasteiger charge is 2.17. The first-order valence-corrected chi connectivity index (χ1v) is 8.34. The summed E-state index contributed by atoms with van der Waals surface area (Å²) in [6.45, 7) is 0.514. The maximum Gasteiger partial charge on any atom is 0.379 e. The first-order valence-electron chi connectivity index (χ1n) is 8.34. The van der Waals surface area contributed by atoms with Crippen LogP contribution in [-0.2, 0) is 25.5 Å². The van der Waals surface area contributed by atoms with Gasteiger partial charge in [-0.05, 0) is 6.07 Å². The quantitative estimate of drug-likeness (QED) is 0.279. The molecular weight excluding hydrogens is 352 g/mol. The number of carboxylic acid groups (broad SMARTS) is 1. The average molecular weight is 372 g/mol. The number of carboxylic acids is 1. The molecule has 7 nitrogen and oxygen atoms in total. The lowest BCUT2D eigenvalue weighted by Gasteiger charge is -2.10. The van der Waals surface area contributed by atoms with E-state index < -0.39 is 17.7 Å². The van der Waals surface area contributed by atoms with E-state index >= 15 is 0 Å². The zero-order chi connectivity index (χ0) is 19.5. The summed E-state index contributed by atoms with van der Waals surface area (Å²) in [7, 11) is 0. The molecule has 2 aromatic rings. The van der Waals surface area contributed by atoms with E-state index in [1.807, 2.05) is 0 Å². The predicted molar refractivity (Wildman–Crippen MR) is 95.8 cm³/mol. The Kier molecular flexibility index (Phi) is 7.99. The molecule has 0 atom stereocenters. The van der Waals surface area contributed by atoms with Crippen molar-refractivity contribution in [2.24, 2.45) is 0 Å². The third-order valence-corrected chi connectivity index (χ3v) is 3.48. The van der Waals surface area contributed by atoms with Crippen molar-refractivity contribution in [3.05, 3.63) is 65.7 Å². The topological polar surface area (TPSA) is 99.1 Å². The summed E-state index contributed by atoms with van der Waals surface area (Å²) in [5, 5.41) is 8.87. The second-order valence-electron chi connectivity index (χ2n) is 5.47. The third-order valence-electron chi connectivity index (χ3n) is 3.48. The number of aliphatic carboxylic acids is 1. The maximum atomic E-state index is 11.8. The fourth-order valence-corrected chi connectivity index (χ4v) is 2.23. The van der Waals surface area contributed by atoms with Crippen LogP contribution >= 0.6 is 0 Å². The Morgan fingerprint density at radius 2 is 1.48 bits per heavy atom. The van der Waals surface area contributed by atoms with Crippen LogP contribution in [0.1, 0.15) is 15.9 Å². The lowest BCUT2D eigenvalue weighted by Crippen LogP contribution is -2.20. The van der Waals surface area contributed by atoms with E-state index in [-0.39, 0.29) is 38.4 Å². The summed E-state index contributed by atoms with van der Waals surface area (Å²) in [5.41, 5.74) is 0.857. The Balaban J connectivity index is 1.62. The number of carbonyl (C=O) groups is 3. The molecule has 0 aromatic heterocycles. The number of carbonyl (C=O) groups excluding carboxylic acids is 2. The van der Waals surface area contributed by atoms with Gasteiger partial charge in [-0.25, -0.2) is 4.79 Å². The van der Waals surface area contributed by atoms with Crippen LogP contribution in [0.2, 0.25) is 0 Å². The van der Waals surface area contributed by atoms with Crippen LogP contribution in [0.3, 0.4) is 0 Å². The molecule has 0 saturated carbocycles. The van der Waals surface area contributed by atoms with Crippen LogP contribution in [-0.4, -0.2) is 49.3 Å². The van der Waals surface area contributed by atoms with Gasteiger partial charge in [-0.2, -0.15) is 0 Å². The third kappa shape index (κ3) is 6.91. The molecule has 27 heavy (non-hydrogen) atoms. The molecule has 0 heterocycles. The number of benzene rings is 2. The van der Waals surface area contributed by atoms with Crippen LogP contribution in [0, 0.1) is 0 Å². The number of ether oxygens (including phenoxy) is 3. The van der Waals surface area contributed by atoms with Crippen LogP contribution in [0.5, 0.6) is 5.75 Å². The van der Waals surface area contributed by atoms with Gasteiger partial charge in [0.25, 0.3) is 5.78 Å². The maximum absolute atomic E-state index is 11.8. The van der Waals surface area contributed by atoms with Crippen molar-refractivity contribution in [2.45, 2.75) is 6.42 Å². The summed E-state index contributed by atoms with van der Waals surface area (Å²) in [4.78, 5) is 34.3. The molecule has 0 bridgehead atoms. The monoisotopic (exact) mass is 372 g/mol. The largest absolute Gasteiger partial charge is 0.491 e. The highest BCUT2D eigenvalue weighted by atomic mass is 16.6. The summed E-state index contributed by atoms with van der Waals surface area (Å²) in [6, 6.07) is 15.0. The molecule has 0 unspecified atom stereocenters. The molecule has 2 rings (SSSR count). The van der Waals surface area contributed by atoms with Crippen LogP contribution in [0.25, 0.3) is 0 Å². The van der Waals surface area contributed by atoms with Gasteiger partial charge >= 0.3 is 11.9 Å². The van der Waals surface area contributed by atoms with Gasteiger partial charge in [0.1, 0.15) is 19.0 Å². The Morgan fingerprint density at radius 3 is 2.22 bits per heavy atom. The number of hydrogen-bond acceptors (Lipinski definition) is 6. The first kappa shape index (κ1) is 20.1. The number of para-hydroxylation sites is 1. The van der Waals surface area contributed by atoms with Crippen molar-refractivity contribution in [3.8, 4) is 5.75 Å². The second-order valence-corrected chi connectivity index (χ2v) is 5.47.